The van der Waals surface area contributed by atoms with Crippen LogP contribution in [0.2, 0.25) is 5.02 Å². The van der Waals surface area contributed by atoms with Gasteiger partial charge in [0.05, 0.1) is 18.5 Å². The topological polar surface area (TPSA) is 90.6 Å². The minimum absolute atomic E-state index is 0.492. The second-order valence-corrected chi connectivity index (χ2v) is 9.26. The Bertz CT molecular complexity index is 1260. The number of morpholine rings is 1. The van der Waals surface area contributed by atoms with Gasteiger partial charge in [-0.1, -0.05) is 91.7 Å². The van der Waals surface area contributed by atoms with Gasteiger partial charge in [0.15, 0.2) is 0 Å². The fraction of sp³-hybridized carbons (Fsp3) is 0.276. The average Bonchev–Trinajstić information content (AvgIpc) is 2.87. The molecule has 36 heavy (non-hydrogen) atoms. The van der Waals surface area contributed by atoms with Gasteiger partial charge in [-0.05, 0) is 40.8 Å². The summed E-state index contributed by atoms with van der Waals surface area (Å²) in [6.07, 6.45) is -0.568. The molecule has 1 N–H and O–H groups in total. The third-order valence-electron chi connectivity index (χ3n) is 6.34. The summed E-state index contributed by atoms with van der Waals surface area (Å²) in [5.41, 5.74) is 3.29. The number of nitrogens with zero attached hydrogens (tertiary/aromatic N) is 2. The summed E-state index contributed by atoms with van der Waals surface area (Å²) in [6.45, 7) is 2.11. The van der Waals surface area contributed by atoms with Crippen molar-refractivity contribution in [1.82, 2.24) is 4.90 Å². The summed E-state index contributed by atoms with van der Waals surface area (Å²) < 4.78 is 6.22. The van der Waals surface area contributed by atoms with Crippen LogP contribution in [-0.2, 0) is 20.7 Å². The van der Waals surface area contributed by atoms with E-state index in [9.17, 15) is 20.0 Å². The molecule has 184 valence electrons. The molecule has 0 bridgehead atoms. The van der Waals surface area contributed by atoms with Crippen molar-refractivity contribution in [2.75, 3.05) is 0 Å². The smallest absolute Gasteiger partial charge is 0.306 e. The number of carbonyl (C=O) groups excluding carboxylic acids is 1. The first-order valence-electron chi connectivity index (χ1n) is 11.9. The highest BCUT2D eigenvalue weighted by Gasteiger charge is 2.48. The van der Waals surface area contributed by atoms with Crippen LogP contribution in [0.3, 0.4) is 0 Å². The molecule has 1 saturated heterocycles. The Hall–Kier alpha value is -3.66. The molecule has 3 aromatic rings. The zero-order valence-corrected chi connectivity index (χ0v) is 20.6. The van der Waals surface area contributed by atoms with E-state index in [1.807, 2.05) is 48.5 Å². The van der Waals surface area contributed by atoms with Crippen LogP contribution in [0, 0.1) is 11.3 Å². The summed E-state index contributed by atoms with van der Waals surface area (Å²) in [7, 11) is 0. The summed E-state index contributed by atoms with van der Waals surface area (Å²) in [6, 6.07) is 24.7. The molecule has 7 heteroatoms. The molecule has 0 aliphatic carbocycles. The Balaban J connectivity index is 1.90. The van der Waals surface area contributed by atoms with Crippen LogP contribution in [0.1, 0.15) is 60.2 Å². The van der Waals surface area contributed by atoms with Crippen LogP contribution in [0.15, 0.2) is 78.9 Å². The highest BCUT2D eigenvalue weighted by molar-refractivity contribution is 6.30. The molecule has 0 aromatic heterocycles. The molecule has 4 rings (SSSR count). The van der Waals surface area contributed by atoms with Crippen molar-refractivity contribution in [2.24, 2.45) is 0 Å². The van der Waals surface area contributed by atoms with Crippen LogP contribution in [0.5, 0.6) is 0 Å². The quantitative estimate of drug-likeness (QED) is 0.405. The summed E-state index contributed by atoms with van der Waals surface area (Å²) in [5, 5.41) is 20.3. The number of rotatable bonds is 8. The molecule has 4 atom stereocenters. The SMILES string of the molecule is CCCc1ccc(C2C(c3cccc(Cl)c3)OC(CC(=O)O)C(=O)N2C(C#N)c2ccccc2)cc1. The van der Waals surface area contributed by atoms with E-state index >= 15 is 0 Å². The van der Waals surface area contributed by atoms with Crippen LogP contribution in [0.25, 0.3) is 0 Å². The van der Waals surface area contributed by atoms with Crippen LogP contribution >= 0.6 is 11.6 Å². The Kier molecular flexibility index (Phi) is 8.04. The highest BCUT2D eigenvalue weighted by atomic mass is 35.5. The van der Waals surface area contributed by atoms with Gasteiger partial charge in [-0.2, -0.15) is 5.26 Å². The van der Waals surface area contributed by atoms with Gasteiger partial charge in [0, 0.05) is 5.02 Å². The molecule has 1 aliphatic rings. The minimum Gasteiger partial charge on any atom is -0.481 e. The molecule has 0 radical (unpaired) electrons. The van der Waals surface area contributed by atoms with Crippen molar-refractivity contribution in [3.63, 3.8) is 0 Å². The molecule has 3 aromatic carbocycles. The number of aryl methyl sites for hydroxylation is 1. The third-order valence-corrected chi connectivity index (χ3v) is 6.58. The number of carboxylic acids is 1. The van der Waals surface area contributed by atoms with Crippen molar-refractivity contribution in [3.8, 4) is 6.07 Å². The van der Waals surface area contributed by atoms with Gasteiger partial charge in [-0.15, -0.1) is 0 Å². The number of amides is 1. The van der Waals surface area contributed by atoms with E-state index in [0.29, 0.717) is 16.1 Å². The lowest BCUT2D eigenvalue weighted by molar-refractivity contribution is -0.181. The number of hydrogen-bond acceptors (Lipinski definition) is 4. The molecular formula is C29H27ClN2O4. The molecule has 1 aliphatic heterocycles. The van der Waals surface area contributed by atoms with Gasteiger partial charge in [0.25, 0.3) is 5.91 Å². The number of aliphatic carboxylic acids is 1. The summed E-state index contributed by atoms with van der Waals surface area (Å²) in [4.78, 5) is 26.9. The molecule has 1 amide bonds. The van der Waals surface area contributed by atoms with Crippen molar-refractivity contribution in [2.45, 2.75) is 50.5 Å². The highest BCUT2D eigenvalue weighted by Crippen LogP contribution is 2.46. The van der Waals surface area contributed by atoms with E-state index in [0.717, 1.165) is 18.4 Å². The fourth-order valence-corrected chi connectivity index (χ4v) is 4.92. The summed E-state index contributed by atoms with van der Waals surface area (Å²) in [5.74, 6) is -1.69. The van der Waals surface area contributed by atoms with Gasteiger partial charge in [0.2, 0.25) is 0 Å². The number of hydrogen-bond donors (Lipinski definition) is 1. The van der Waals surface area contributed by atoms with Gasteiger partial charge in [-0.3, -0.25) is 9.59 Å². The number of ether oxygens (including phenoxy) is 1. The van der Waals surface area contributed by atoms with Gasteiger partial charge >= 0.3 is 5.97 Å². The van der Waals surface area contributed by atoms with E-state index in [-0.39, 0.29) is 0 Å². The molecule has 0 spiro atoms. The van der Waals surface area contributed by atoms with Gasteiger partial charge in [-0.25, -0.2) is 0 Å². The predicted octanol–water partition coefficient (Wildman–Crippen LogP) is 6.04. The van der Waals surface area contributed by atoms with E-state index < -0.39 is 42.6 Å². The normalized spacial score (nSPS) is 20.5. The van der Waals surface area contributed by atoms with Crippen molar-refractivity contribution in [3.05, 3.63) is 106 Å². The Labute approximate surface area is 215 Å². The first-order chi connectivity index (χ1) is 17.4. The first kappa shape index (κ1) is 25.4. The van der Waals surface area contributed by atoms with Crippen LogP contribution < -0.4 is 0 Å². The van der Waals surface area contributed by atoms with Crippen molar-refractivity contribution >= 4 is 23.5 Å². The van der Waals surface area contributed by atoms with Crippen molar-refractivity contribution < 1.29 is 19.4 Å². The lowest BCUT2D eigenvalue weighted by Crippen LogP contribution is -2.52. The Morgan fingerprint density at radius 2 is 1.81 bits per heavy atom. The maximum atomic E-state index is 13.8. The number of halogens is 1. The maximum absolute atomic E-state index is 13.8. The van der Waals surface area contributed by atoms with Crippen LogP contribution in [-0.4, -0.2) is 28.0 Å². The molecular weight excluding hydrogens is 476 g/mol. The van der Waals surface area contributed by atoms with E-state index in [2.05, 4.69) is 13.0 Å². The van der Waals surface area contributed by atoms with E-state index in [1.165, 1.54) is 10.5 Å². The zero-order valence-electron chi connectivity index (χ0n) is 19.9. The molecule has 6 nitrogen and oxygen atoms in total. The number of benzene rings is 3. The van der Waals surface area contributed by atoms with E-state index in [1.54, 1.807) is 30.3 Å². The second kappa shape index (κ2) is 11.4. The largest absolute Gasteiger partial charge is 0.481 e. The molecule has 1 heterocycles. The summed E-state index contributed by atoms with van der Waals surface area (Å²) >= 11 is 6.30. The minimum atomic E-state index is -1.25. The fourth-order valence-electron chi connectivity index (χ4n) is 4.72. The lowest BCUT2D eigenvalue weighted by Gasteiger charge is -2.46. The van der Waals surface area contributed by atoms with Gasteiger partial charge < -0.3 is 14.7 Å². The Morgan fingerprint density at radius 3 is 2.42 bits per heavy atom. The number of carbonyl (C=O) groups is 2. The molecule has 1 fully saturated rings. The monoisotopic (exact) mass is 502 g/mol. The number of carboxylic acid groups (broad SMARTS) is 1. The zero-order chi connectivity index (χ0) is 25.7. The maximum Gasteiger partial charge on any atom is 0.306 e. The molecule has 0 saturated carbocycles. The van der Waals surface area contributed by atoms with E-state index in [4.69, 9.17) is 16.3 Å². The standard InChI is InChI=1S/C29H27ClN2O4/c1-2-7-19-12-14-21(15-13-19)27-28(22-10-6-11-23(30)16-22)36-25(17-26(33)34)29(35)32(27)24(18-31)20-8-4-3-5-9-20/h3-6,8-16,24-25,27-28H,2,7,17H2,1H3,(H,33,34). The van der Waals surface area contributed by atoms with Crippen LogP contribution in [0.4, 0.5) is 0 Å². The van der Waals surface area contributed by atoms with Gasteiger partial charge in [0.1, 0.15) is 18.2 Å². The lowest BCUT2D eigenvalue weighted by atomic mass is 9.88. The average molecular weight is 503 g/mol. The number of nitriles is 1. The molecule has 4 unspecified atom stereocenters. The first-order valence-corrected chi connectivity index (χ1v) is 12.3. The third kappa shape index (κ3) is 5.43. The Morgan fingerprint density at radius 1 is 1.08 bits per heavy atom. The predicted molar refractivity (Wildman–Crippen MR) is 136 cm³/mol. The van der Waals surface area contributed by atoms with Crippen molar-refractivity contribution in [1.29, 1.82) is 5.26 Å². The second-order valence-electron chi connectivity index (χ2n) is 8.82.